The molecule has 0 saturated carbocycles. The molecule has 0 aliphatic carbocycles. The lowest BCUT2D eigenvalue weighted by atomic mass is 9.86. The fourth-order valence-electron chi connectivity index (χ4n) is 2.58. The highest BCUT2D eigenvalue weighted by atomic mass is 16.2. The van der Waals surface area contributed by atoms with Crippen LogP contribution < -0.4 is 5.56 Å². The third kappa shape index (κ3) is 2.84. The van der Waals surface area contributed by atoms with Crippen LogP contribution in [0.15, 0.2) is 29.7 Å². The van der Waals surface area contributed by atoms with Crippen molar-refractivity contribution in [1.82, 2.24) is 9.88 Å². The molecule has 0 radical (unpaired) electrons. The van der Waals surface area contributed by atoms with Crippen LogP contribution in [0.1, 0.15) is 44.2 Å². The van der Waals surface area contributed by atoms with Crippen molar-refractivity contribution in [2.45, 2.75) is 38.5 Å². The molecule has 4 heteroatoms. The fourth-order valence-corrected chi connectivity index (χ4v) is 2.58. The molecule has 0 spiro atoms. The number of pyridine rings is 1. The van der Waals surface area contributed by atoms with Gasteiger partial charge in [-0.2, -0.15) is 0 Å². The highest BCUT2D eigenvalue weighted by Gasteiger charge is 2.28. The van der Waals surface area contributed by atoms with Crippen LogP contribution in [0.25, 0.3) is 0 Å². The average Bonchev–Trinajstić information content (AvgIpc) is 2.86. The first kappa shape index (κ1) is 14.6. The highest BCUT2D eigenvalue weighted by Crippen LogP contribution is 2.28. The van der Waals surface area contributed by atoms with Crippen molar-refractivity contribution in [3.05, 3.63) is 46.4 Å². The number of nitrogens with one attached hydrogen (secondary N) is 1. The number of carbonyl (C=O) groups excluding carboxylic acids is 1. The maximum Gasteiger partial charge on any atom is 0.251 e. The summed E-state index contributed by atoms with van der Waals surface area (Å²) in [6.07, 6.45) is 3.95. The van der Waals surface area contributed by atoms with E-state index in [1.165, 1.54) is 6.08 Å². The Labute approximate surface area is 119 Å². The fraction of sp³-hybridized carbons (Fsp3) is 0.500. The van der Waals surface area contributed by atoms with Crippen LogP contribution in [0.5, 0.6) is 0 Å². The predicted molar refractivity (Wildman–Crippen MR) is 79.9 cm³/mol. The minimum atomic E-state index is -0.0593. The molecule has 1 fully saturated rings. The van der Waals surface area contributed by atoms with E-state index in [2.05, 4.69) is 32.3 Å². The molecule has 1 N–H and O–H groups in total. The van der Waals surface area contributed by atoms with Gasteiger partial charge < -0.3 is 9.88 Å². The molecule has 1 atom stereocenters. The highest BCUT2D eigenvalue weighted by molar-refractivity contribution is 5.87. The van der Waals surface area contributed by atoms with E-state index in [1.807, 2.05) is 6.07 Å². The summed E-state index contributed by atoms with van der Waals surface area (Å²) in [6.45, 7) is 11.1. The number of nitrogens with zero attached hydrogens (tertiary/aromatic N) is 1. The third-order valence-corrected chi connectivity index (χ3v) is 3.91. The van der Waals surface area contributed by atoms with E-state index in [4.69, 9.17) is 0 Å². The lowest BCUT2D eigenvalue weighted by Crippen LogP contribution is -2.27. The van der Waals surface area contributed by atoms with Crippen molar-refractivity contribution in [1.29, 1.82) is 0 Å². The van der Waals surface area contributed by atoms with Gasteiger partial charge in [0.05, 0.1) is 0 Å². The van der Waals surface area contributed by atoms with Gasteiger partial charge in [0, 0.05) is 30.8 Å². The largest absolute Gasteiger partial charge is 0.339 e. The predicted octanol–water partition coefficient (Wildman–Crippen LogP) is 2.17. The van der Waals surface area contributed by atoms with Gasteiger partial charge in [-0.15, -0.1) is 0 Å². The number of carbonyl (C=O) groups is 1. The molecule has 2 heterocycles. The third-order valence-electron chi connectivity index (χ3n) is 3.91. The zero-order valence-electron chi connectivity index (χ0n) is 12.4. The maximum absolute atomic E-state index is 12.1. The monoisotopic (exact) mass is 274 g/mol. The van der Waals surface area contributed by atoms with Gasteiger partial charge in [-0.25, -0.2) is 0 Å². The van der Waals surface area contributed by atoms with Crippen molar-refractivity contribution < 1.29 is 4.79 Å². The van der Waals surface area contributed by atoms with Crippen molar-refractivity contribution >= 4 is 5.91 Å². The summed E-state index contributed by atoms with van der Waals surface area (Å²) in [4.78, 5) is 28.3. The number of amides is 1. The molecule has 1 aromatic heterocycles. The summed E-state index contributed by atoms with van der Waals surface area (Å²) in [5, 5.41) is 0. The quantitative estimate of drug-likeness (QED) is 0.840. The van der Waals surface area contributed by atoms with Gasteiger partial charge in [-0.05, 0) is 29.5 Å². The number of rotatable bonds is 2. The number of aromatic nitrogens is 1. The van der Waals surface area contributed by atoms with Gasteiger partial charge in [-0.1, -0.05) is 27.4 Å². The number of aromatic amines is 1. The van der Waals surface area contributed by atoms with E-state index in [0.29, 0.717) is 13.1 Å². The van der Waals surface area contributed by atoms with E-state index in [9.17, 15) is 9.59 Å². The van der Waals surface area contributed by atoms with Crippen molar-refractivity contribution in [2.75, 3.05) is 13.1 Å². The van der Waals surface area contributed by atoms with Crippen LogP contribution in [-0.4, -0.2) is 28.9 Å². The van der Waals surface area contributed by atoms with Gasteiger partial charge in [0.1, 0.15) is 0 Å². The Bertz CT molecular complexity index is 581. The number of likely N-dealkylation sites (tertiary alicyclic amines) is 1. The van der Waals surface area contributed by atoms with E-state index < -0.39 is 0 Å². The molecule has 20 heavy (non-hydrogen) atoms. The van der Waals surface area contributed by atoms with Gasteiger partial charge in [-0.3, -0.25) is 9.59 Å². The lowest BCUT2D eigenvalue weighted by molar-refractivity contribution is -0.125. The number of hydrogen-bond donors (Lipinski definition) is 1. The van der Waals surface area contributed by atoms with Crippen molar-refractivity contribution in [2.24, 2.45) is 0 Å². The summed E-state index contributed by atoms with van der Waals surface area (Å²) < 4.78 is 0. The second-order valence-electron chi connectivity index (χ2n) is 6.40. The SMILES string of the molecule is C=CC(=O)N1CCC(c2cc(C(C)(C)C)c[nH]c2=O)C1. The molecule has 4 nitrogen and oxygen atoms in total. The van der Waals surface area contributed by atoms with Crippen molar-refractivity contribution in [3.8, 4) is 0 Å². The Kier molecular flexibility index (Phi) is 3.84. The minimum Gasteiger partial charge on any atom is -0.339 e. The zero-order valence-corrected chi connectivity index (χ0v) is 12.4. The van der Waals surface area contributed by atoms with Crippen molar-refractivity contribution in [3.63, 3.8) is 0 Å². The van der Waals surface area contributed by atoms with Gasteiger partial charge >= 0.3 is 0 Å². The van der Waals surface area contributed by atoms with Crippen LogP contribution in [0.4, 0.5) is 0 Å². The second-order valence-corrected chi connectivity index (χ2v) is 6.40. The molecule has 1 aliphatic heterocycles. The molecule has 1 aliphatic rings. The van der Waals surface area contributed by atoms with Crippen LogP contribution in [0.2, 0.25) is 0 Å². The van der Waals surface area contributed by atoms with Crippen LogP contribution in [-0.2, 0) is 10.2 Å². The van der Waals surface area contributed by atoms with Crippen LogP contribution in [0, 0.1) is 0 Å². The Balaban J connectivity index is 2.28. The summed E-state index contributed by atoms with van der Waals surface area (Å²) in [7, 11) is 0. The topological polar surface area (TPSA) is 53.2 Å². The normalized spacial score (nSPS) is 19.1. The van der Waals surface area contributed by atoms with Gasteiger partial charge in [0.2, 0.25) is 5.91 Å². The molecule has 108 valence electrons. The molecule has 1 aromatic rings. The second kappa shape index (κ2) is 5.27. The Hall–Kier alpha value is -1.84. The first-order valence-corrected chi connectivity index (χ1v) is 6.97. The van der Waals surface area contributed by atoms with Crippen LogP contribution >= 0.6 is 0 Å². The standard InChI is InChI=1S/C16H22N2O2/c1-5-14(19)18-7-6-11(10-18)13-8-12(16(2,3)4)9-17-15(13)20/h5,8-9,11H,1,6-7,10H2,2-4H3,(H,17,20). The molecule has 1 amide bonds. The smallest absolute Gasteiger partial charge is 0.251 e. The molecular formula is C16H22N2O2. The first-order valence-electron chi connectivity index (χ1n) is 6.97. The van der Waals surface area contributed by atoms with Crippen LogP contribution in [0.3, 0.4) is 0 Å². The van der Waals surface area contributed by atoms with Gasteiger partial charge in [0.15, 0.2) is 0 Å². The summed E-state index contributed by atoms with van der Waals surface area (Å²) >= 11 is 0. The van der Waals surface area contributed by atoms with E-state index >= 15 is 0 Å². The van der Waals surface area contributed by atoms with Gasteiger partial charge in [0.25, 0.3) is 5.56 Å². The molecule has 0 aromatic carbocycles. The maximum atomic E-state index is 12.1. The van der Waals surface area contributed by atoms with E-state index in [-0.39, 0.29) is 22.8 Å². The molecular weight excluding hydrogens is 252 g/mol. The molecule has 1 saturated heterocycles. The lowest BCUT2D eigenvalue weighted by Gasteiger charge is -2.20. The molecule has 0 bridgehead atoms. The number of hydrogen-bond acceptors (Lipinski definition) is 2. The average molecular weight is 274 g/mol. The Morgan fingerprint density at radius 3 is 2.80 bits per heavy atom. The van der Waals surface area contributed by atoms with E-state index in [1.54, 1.807) is 11.1 Å². The first-order chi connectivity index (χ1) is 9.32. The summed E-state index contributed by atoms with van der Waals surface area (Å²) in [5.74, 6) is 0.0563. The molecule has 2 rings (SSSR count). The minimum absolute atomic E-state index is 0.00578. The summed E-state index contributed by atoms with van der Waals surface area (Å²) in [5.41, 5.74) is 1.85. The Morgan fingerprint density at radius 2 is 2.20 bits per heavy atom. The zero-order chi connectivity index (χ0) is 14.9. The Morgan fingerprint density at radius 1 is 1.50 bits per heavy atom. The van der Waals surface area contributed by atoms with E-state index in [0.717, 1.165) is 17.5 Å². The summed E-state index contributed by atoms with van der Waals surface area (Å²) in [6, 6.07) is 1.99. The molecule has 1 unspecified atom stereocenters. The number of H-pyrrole nitrogens is 1.